The van der Waals surface area contributed by atoms with E-state index in [2.05, 4.69) is 15.0 Å². The van der Waals surface area contributed by atoms with Crippen LogP contribution < -0.4 is 17.0 Å². The molecule has 10 nitrogen and oxygen atoms in total. The monoisotopic (exact) mass is 282 g/mol. The normalized spacial score (nSPS) is 26.4. The maximum Gasteiger partial charge on any atom is 0.280 e. The predicted molar refractivity (Wildman–Crippen MR) is 68.6 cm³/mol. The minimum absolute atomic E-state index is 0.0272. The first-order chi connectivity index (χ1) is 9.51. The van der Waals surface area contributed by atoms with Crippen LogP contribution in [0.4, 0.5) is 11.9 Å². The maximum atomic E-state index is 11.7. The Morgan fingerprint density at radius 3 is 2.85 bits per heavy atom. The number of aromatic nitrogens is 4. The van der Waals surface area contributed by atoms with Crippen molar-refractivity contribution in [1.82, 2.24) is 19.5 Å². The van der Waals surface area contributed by atoms with Crippen LogP contribution in [-0.2, 0) is 4.74 Å². The van der Waals surface area contributed by atoms with Gasteiger partial charge in [0.1, 0.15) is 12.3 Å². The summed E-state index contributed by atoms with van der Waals surface area (Å²) in [6.07, 6.45) is -2.01. The number of nitrogens with two attached hydrogens (primary N) is 2. The molecule has 0 saturated carbocycles. The first-order valence-corrected chi connectivity index (χ1v) is 5.99. The lowest BCUT2D eigenvalue weighted by molar-refractivity contribution is -0.0425. The minimum Gasteiger partial charge on any atom is -0.394 e. The Labute approximate surface area is 112 Å². The molecule has 7 N–H and O–H groups in total. The fourth-order valence-corrected chi connectivity index (χ4v) is 2.34. The Bertz CT molecular complexity index is 710. The van der Waals surface area contributed by atoms with Gasteiger partial charge < -0.3 is 26.4 Å². The number of hydrogen-bond acceptors (Lipinski definition) is 8. The summed E-state index contributed by atoms with van der Waals surface area (Å²) >= 11 is 0. The van der Waals surface area contributed by atoms with Gasteiger partial charge in [-0.1, -0.05) is 0 Å². The summed E-state index contributed by atoms with van der Waals surface area (Å²) in [6, 6.07) is 0. The average molecular weight is 282 g/mol. The number of nitrogen functional groups attached to an aromatic ring is 2. The Kier molecular flexibility index (Phi) is 2.85. The molecule has 1 aliphatic heterocycles. The molecule has 2 aromatic heterocycles. The molecule has 0 radical (unpaired) electrons. The number of hydrogen-bond donors (Lipinski definition) is 5. The molecule has 108 valence electrons. The van der Waals surface area contributed by atoms with Crippen molar-refractivity contribution in [3.05, 3.63) is 10.4 Å². The standard InChI is InChI=1S/C10H14N6O4/c11-9-14-7-6(8(19)15-9)13-10(12)16(7)5-1-3(18)4(2-17)20-5/h3-5,17-18H,1-2H2,(H2,12,13)(H3,11,14,15,19)/t3?,4-,5-/m1/s1. The van der Waals surface area contributed by atoms with Gasteiger partial charge in [0.2, 0.25) is 11.9 Å². The van der Waals surface area contributed by atoms with Gasteiger partial charge in [-0.2, -0.15) is 4.98 Å². The van der Waals surface area contributed by atoms with Crippen molar-refractivity contribution in [2.45, 2.75) is 24.9 Å². The summed E-state index contributed by atoms with van der Waals surface area (Å²) in [5, 5.41) is 18.8. The highest BCUT2D eigenvalue weighted by atomic mass is 16.5. The average Bonchev–Trinajstić information content (AvgIpc) is 2.89. The summed E-state index contributed by atoms with van der Waals surface area (Å²) in [7, 11) is 0. The van der Waals surface area contributed by atoms with Crippen LogP contribution in [0.2, 0.25) is 0 Å². The molecule has 1 fully saturated rings. The molecule has 0 spiro atoms. The van der Waals surface area contributed by atoms with Crippen LogP contribution in [0.25, 0.3) is 11.2 Å². The number of aromatic amines is 1. The highest BCUT2D eigenvalue weighted by Gasteiger charge is 2.36. The van der Waals surface area contributed by atoms with Crippen LogP contribution in [-0.4, -0.2) is 48.5 Å². The Balaban J connectivity index is 2.13. The first kappa shape index (κ1) is 12.8. The molecule has 3 rings (SSSR count). The van der Waals surface area contributed by atoms with E-state index in [1.54, 1.807) is 0 Å². The second kappa shape index (κ2) is 4.44. The molecule has 1 saturated heterocycles. The molecule has 1 aliphatic rings. The SMILES string of the molecule is Nc1nc2c(nc(N)n2[C@H]2CC(O)[C@@H](CO)O2)c(=O)[nH]1. The van der Waals surface area contributed by atoms with Crippen molar-refractivity contribution in [2.75, 3.05) is 18.1 Å². The lowest BCUT2D eigenvalue weighted by atomic mass is 10.2. The van der Waals surface area contributed by atoms with Crippen molar-refractivity contribution >= 4 is 23.1 Å². The van der Waals surface area contributed by atoms with Gasteiger partial charge in [-0.15, -0.1) is 0 Å². The molecule has 0 aliphatic carbocycles. The lowest BCUT2D eigenvalue weighted by Crippen LogP contribution is -2.24. The summed E-state index contributed by atoms with van der Waals surface area (Å²) in [5.41, 5.74) is 11.0. The number of nitrogens with zero attached hydrogens (tertiary/aromatic N) is 3. The number of aliphatic hydroxyl groups excluding tert-OH is 2. The van der Waals surface area contributed by atoms with E-state index in [1.165, 1.54) is 4.57 Å². The van der Waals surface area contributed by atoms with E-state index in [0.717, 1.165) is 0 Å². The van der Waals surface area contributed by atoms with Crippen LogP contribution in [0.15, 0.2) is 4.79 Å². The van der Waals surface area contributed by atoms with Gasteiger partial charge in [-0.25, -0.2) is 4.98 Å². The quantitative estimate of drug-likeness (QED) is 0.418. The van der Waals surface area contributed by atoms with Crippen molar-refractivity contribution < 1.29 is 14.9 Å². The van der Waals surface area contributed by atoms with E-state index in [1.807, 2.05) is 0 Å². The lowest BCUT2D eigenvalue weighted by Gasteiger charge is -2.14. The van der Waals surface area contributed by atoms with Crippen LogP contribution in [0.5, 0.6) is 0 Å². The number of fused-ring (bicyclic) bond motifs is 1. The number of ether oxygens (including phenoxy) is 1. The molecule has 0 amide bonds. The largest absolute Gasteiger partial charge is 0.394 e. The first-order valence-electron chi connectivity index (χ1n) is 5.99. The van der Waals surface area contributed by atoms with Crippen LogP contribution in [0, 0.1) is 0 Å². The van der Waals surface area contributed by atoms with E-state index in [9.17, 15) is 9.90 Å². The van der Waals surface area contributed by atoms with Gasteiger partial charge in [0.25, 0.3) is 5.56 Å². The van der Waals surface area contributed by atoms with Crippen molar-refractivity contribution in [1.29, 1.82) is 0 Å². The third-order valence-corrected chi connectivity index (χ3v) is 3.27. The molecule has 0 aromatic carbocycles. The second-order valence-corrected chi connectivity index (χ2v) is 4.58. The summed E-state index contributed by atoms with van der Waals surface area (Å²) in [5.74, 6) is -0.0414. The van der Waals surface area contributed by atoms with Crippen LogP contribution in [0.1, 0.15) is 12.6 Å². The molecule has 0 bridgehead atoms. The Hall–Kier alpha value is -2.17. The summed E-state index contributed by atoms with van der Waals surface area (Å²) in [6.45, 7) is -0.319. The number of nitrogens with one attached hydrogen (secondary N) is 1. The fourth-order valence-electron chi connectivity index (χ4n) is 2.34. The molecule has 3 atom stereocenters. The Morgan fingerprint density at radius 1 is 1.45 bits per heavy atom. The number of anilines is 2. The van der Waals surface area contributed by atoms with Gasteiger partial charge in [0.05, 0.1) is 12.7 Å². The predicted octanol–water partition coefficient (Wildman–Crippen LogP) is -2.08. The highest BCUT2D eigenvalue weighted by molar-refractivity contribution is 5.74. The van der Waals surface area contributed by atoms with Crippen molar-refractivity contribution in [3.63, 3.8) is 0 Å². The zero-order valence-electron chi connectivity index (χ0n) is 10.4. The number of rotatable bonds is 2. The molecular formula is C10H14N6O4. The van der Waals surface area contributed by atoms with Gasteiger partial charge >= 0.3 is 0 Å². The van der Waals surface area contributed by atoms with Crippen LogP contribution in [0.3, 0.4) is 0 Å². The van der Waals surface area contributed by atoms with Crippen molar-refractivity contribution in [3.8, 4) is 0 Å². The third kappa shape index (κ3) is 1.81. The number of H-pyrrole nitrogens is 1. The molecule has 1 unspecified atom stereocenters. The van der Waals surface area contributed by atoms with Crippen LogP contribution >= 0.6 is 0 Å². The summed E-state index contributed by atoms with van der Waals surface area (Å²) < 4.78 is 6.87. The maximum absolute atomic E-state index is 11.7. The molecule has 3 heterocycles. The van der Waals surface area contributed by atoms with Gasteiger partial charge in [0.15, 0.2) is 11.2 Å². The second-order valence-electron chi connectivity index (χ2n) is 4.58. The molecule has 10 heteroatoms. The molecule has 20 heavy (non-hydrogen) atoms. The fraction of sp³-hybridized carbons (Fsp3) is 0.500. The minimum atomic E-state index is -0.832. The van der Waals surface area contributed by atoms with E-state index in [4.69, 9.17) is 21.3 Å². The third-order valence-electron chi connectivity index (χ3n) is 3.27. The topological polar surface area (TPSA) is 165 Å². The summed E-state index contributed by atoms with van der Waals surface area (Å²) in [4.78, 5) is 22.0. The molecular weight excluding hydrogens is 268 g/mol. The van der Waals surface area contributed by atoms with E-state index < -0.39 is 24.0 Å². The van der Waals surface area contributed by atoms with Crippen molar-refractivity contribution in [2.24, 2.45) is 0 Å². The zero-order valence-corrected chi connectivity index (χ0v) is 10.4. The zero-order chi connectivity index (χ0) is 14.4. The van der Waals surface area contributed by atoms with E-state index in [0.29, 0.717) is 0 Å². The Morgan fingerprint density at radius 2 is 2.20 bits per heavy atom. The van der Waals surface area contributed by atoms with E-state index >= 15 is 0 Å². The molecule has 2 aromatic rings. The van der Waals surface area contributed by atoms with Gasteiger partial charge in [0, 0.05) is 6.42 Å². The smallest absolute Gasteiger partial charge is 0.280 e. The van der Waals surface area contributed by atoms with Gasteiger partial charge in [-0.3, -0.25) is 14.3 Å². The number of aliphatic hydroxyl groups is 2. The number of imidazole rings is 1. The van der Waals surface area contributed by atoms with E-state index in [-0.39, 0.29) is 36.1 Å². The van der Waals surface area contributed by atoms with Gasteiger partial charge in [-0.05, 0) is 0 Å². The highest BCUT2D eigenvalue weighted by Crippen LogP contribution is 2.32.